The van der Waals surface area contributed by atoms with E-state index in [1.807, 2.05) is 17.0 Å². The number of benzene rings is 1. The molecule has 8 nitrogen and oxygen atoms in total. The number of fused-ring (bicyclic) bond motifs is 1. The van der Waals surface area contributed by atoms with E-state index in [0.29, 0.717) is 29.4 Å². The molecule has 3 aliphatic rings. The number of H-pyrrole nitrogens is 1. The second-order valence-corrected chi connectivity index (χ2v) is 9.80. The first-order valence-electron chi connectivity index (χ1n) is 11.7. The van der Waals surface area contributed by atoms with Crippen molar-refractivity contribution in [3.05, 3.63) is 30.0 Å². The molecule has 2 bridgehead atoms. The number of piperidine rings is 1. The molecule has 4 atom stereocenters. The quantitative estimate of drug-likeness (QED) is 0.767. The zero-order chi connectivity index (χ0) is 23.3. The number of ether oxygens (including phenoxy) is 2. The molecule has 1 N–H and O–H groups in total. The van der Waals surface area contributed by atoms with Gasteiger partial charge in [-0.15, -0.1) is 0 Å². The van der Waals surface area contributed by atoms with Crippen LogP contribution in [0.3, 0.4) is 0 Å². The molecule has 1 saturated carbocycles. The van der Waals surface area contributed by atoms with Gasteiger partial charge in [0, 0.05) is 42.6 Å². The second-order valence-electron chi connectivity index (χ2n) is 9.80. The van der Waals surface area contributed by atoms with Crippen molar-refractivity contribution in [2.45, 2.75) is 64.1 Å². The average Bonchev–Trinajstić information content (AvgIpc) is 3.34. The maximum Gasteiger partial charge on any atom is 0.272 e. The first-order chi connectivity index (χ1) is 15.9. The first kappa shape index (κ1) is 21.8. The number of amides is 2. The van der Waals surface area contributed by atoms with E-state index >= 15 is 0 Å². The second kappa shape index (κ2) is 8.08. The van der Waals surface area contributed by atoms with Crippen LogP contribution in [-0.2, 0) is 4.79 Å². The lowest BCUT2D eigenvalue weighted by molar-refractivity contribution is -0.132. The van der Waals surface area contributed by atoms with Gasteiger partial charge >= 0.3 is 0 Å². The summed E-state index contributed by atoms with van der Waals surface area (Å²) in [6, 6.07) is 7.75. The Balaban J connectivity index is 1.46. The van der Waals surface area contributed by atoms with Crippen molar-refractivity contribution >= 4 is 11.8 Å². The fourth-order valence-electron chi connectivity index (χ4n) is 6.60. The van der Waals surface area contributed by atoms with E-state index in [-0.39, 0.29) is 35.4 Å². The van der Waals surface area contributed by atoms with Crippen molar-refractivity contribution in [2.75, 3.05) is 20.8 Å². The number of hydrogen-bond donors (Lipinski definition) is 1. The molecule has 5 rings (SSSR count). The molecule has 1 aromatic carbocycles. The number of hydrogen-bond acceptors (Lipinski definition) is 5. The Morgan fingerprint density at radius 3 is 2.58 bits per heavy atom. The molecule has 3 heterocycles. The third-order valence-corrected chi connectivity index (χ3v) is 8.03. The molecule has 2 aromatic rings. The average molecular weight is 453 g/mol. The molecule has 1 aromatic heterocycles. The summed E-state index contributed by atoms with van der Waals surface area (Å²) in [5, 5.41) is 7.38. The fraction of sp³-hybridized carbons (Fsp3) is 0.560. The minimum absolute atomic E-state index is 0.0480. The number of carbonyl (C=O) groups is 2. The third-order valence-electron chi connectivity index (χ3n) is 8.03. The first-order valence-corrected chi connectivity index (χ1v) is 11.7. The van der Waals surface area contributed by atoms with Gasteiger partial charge in [-0.2, -0.15) is 5.10 Å². The van der Waals surface area contributed by atoms with Crippen molar-refractivity contribution in [2.24, 2.45) is 5.41 Å². The Morgan fingerprint density at radius 1 is 1.12 bits per heavy atom. The molecule has 3 fully saturated rings. The van der Waals surface area contributed by atoms with Crippen molar-refractivity contribution in [1.29, 1.82) is 0 Å². The number of nitrogens with one attached hydrogen (secondary N) is 1. The van der Waals surface area contributed by atoms with Crippen molar-refractivity contribution in [3.63, 3.8) is 0 Å². The van der Waals surface area contributed by atoms with Crippen LogP contribution in [0.1, 0.15) is 56.4 Å². The highest BCUT2D eigenvalue weighted by molar-refractivity contribution is 5.94. The SMILES string of the molecule is COc1ccc(-c2cc(C(=O)N3C[C@@H]4C[C@@]5(C)[C@H](CCCC[C@@H]35)N4C(C)=O)[nH]n2)c(OC)c1. The number of likely N-dealkylation sites (tertiary alicyclic amines) is 2. The summed E-state index contributed by atoms with van der Waals surface area (Å²) < 4.78 is 10.8. The van der Waals surface area contributed by atoms with Gasteiger partial charge in [-0.05, 0) is 37.5 Å². The summed E-state index contributed by atoms with van der Waals surface area (Å²) in [4.78, 5) is 30.4. The van der Waals surface area contributed by atoms with Crippen molar-refractivity contribution in [3.8, 4) is 22.8 Å². The highest BCUT2D eigenvalue weighted by Crippen LogP contribution is 2.53. The Hall–Kier alpha value is -3.03. The molecule has 2 aliphatic heterocycles. The van der Waals surface area contributed by atoms with Crippen LogP contribution in [-0.4, -0.2) is 70.7 Å². The molecule has 0 spiro atoms. The molecule has 176 valence electrons. The monoisotopic (exact) mass is 452 g/mol. The highest BCUT2D eigenvalue weighted by atomic mass is 16.5. The summed E-state index contributed by atoms with van der Waals surface area (Å²) >= 11 is 0. The summed E-state index contributed by atoms with van der Waals surface area (Å²) in [5.74, 6) is 1.40. The van der Waals surface area contributed by atoms with Crippen LogP contribution < -0.4 is 9.47 Å². The Morgan fingerprint density at radius 2 is 1.88 bits per heavy atom. The highest BCUT2D eigenvalue weighted by Gasteiger charge is 2.60. The van der Waals surface area contributed by atoms with E-state index in [9.17, 15) is 9.59 Å². The molecular formula is C25H32N4O4. The molecular weight excluding hydrogens is 420 g/mol. The lowest BCUT2D eigenvalue weighted by Crippen LogP contribution is -2.55. The van der Waals surface area contributed by atoms with Gasteiger partial charge in [-0.1, -0.05) is 19.8 Å². The molecule has 2 saturated heterocycles. The lowest BCUT2D eigenvalue weighted by Gasteiger charge is -2.46. The Bertz CT molecular complexity index is 1080. The maximum atomic E-state index is 13.7. The molecule has 33 heavy (non-hydrogen) atoms. The van der Waals surface area contributed by atoms with E-state index in [4.69, 9.17) is 9.47 Å². The number of aromatic amines is 1. The van der Waals surface area contributed by atoms with Crippen LogP contribution in [0.2, 0.25) is 0 Å². The summed E-state index contributed by atoms with van der Waals surface area (Å²) in [6.07, 6.45) is 5.15. The van der Waals surface area contributed by atoms with E-state index in [0.717, 1.165) is 37.7 Å². The standard InChI is InChI=1S/C25H32N4O4/c1-15(30)29-16-13-25(2)22(7-5-6-8-23(25)29)28(14-16)24(31)20-12-19(26-27-20)18-10-9-17(32-3)11-21(18)33-4/h9-12,16,22-23H,5-8,13-14H2,1-4H3,(H,26,27)/t16-,22+,23-,25+/m0/s1. The number of methoxy groups -OCH3 is 2. The predicted molar refractivity (Wildman–Crippen MR) is 123 cm³/mol. The van der Waals surface area contributed by atoms with Gasteiger partial charge in [0.15, 0.2) is 0 Å². The maximum absolute atomic E-state index is 13.7. The topological polar surface area (TPSA) is 87.8 Å². The molecule has 8 heteroatoms. The largest absolute Gasteiger partial charge is 0.497 e. The zero-order valence-corrected chi connectivity index (χ0v) is 19.8. The summed E-state index contributed by atoms with van der Waals surface area (Å²) in [5.41, 5.74) is 1.83. The summed E-state index contributed by atoms with van der Waals surface area (Å²) in [6.45, 7) is 4.53. The van der Waals surface area contributed by atoms with Crippen LogP contribution in [0.25, 0.3) is 11.3 Å². The Kier molecular flexibility index (Phi) is 5.34. The number of nitrogens with zero attached hydrogens (tertiary/aromatic N) is 3. The molecule has 0 unspecified atom stereocenters. The van der Waals surface area contributed by atoms with Crippen LogP contribution in [0, 0.1) is 5.41 Å². The Labute approximate surface area is 194 Å². The van der Waals surface area contributed by atoms with Crippen LogP contribution in [0.15, 0.2) is 24.3 Å². The fourth-order valence-corrected chi connectivity index (χ4v) is 6.60. The minimum atomic E-state index is -0.0667. The van der Waals surface area contributed by atoms with Gasteiger partial charge in [0.2, 0.25) is 5.91 Å². The van der Waals surface area contributed by atoms with Gasteiger partial charge < -0.3 is 19.3 Å². The van der Waals surface area contributed by atoms with Crippen molar-refractivity contribution < 1.29 is 19.1 Å². The van der Waals surface area contributed by atoms with E-state index < -0.39 is 0 Å². The van der Waals surface area contributed by atoms with Gasteiger partial charge in [0.25, 0.3) is 5.91 Å². The van der Waals surface area contributed by atoms with Crippen LogP contribution in [0.5, 0.6) is 11.5 Å². The van der Waals surface area contributed by atoms with E-state index in [1.54, 1.807) is 33.3 Å². The number of rotatable bonds is 4. The lowest BCUT2D eigenvalue weighted by atomic mass is 9.71. The molecule has 2 amide bonds. The smallest absolute Gasteiger partial charge is 0.272 e. The van der Waals surface area contributed by atoms with Gasteiger partial charge in [-0.25, -0.2) is 0 Å². The van der Waals surface area contributed by atoms with Crippen LogP contribution in [0.4, 0.5) is 0 Å². The number of aromatic nitrogens is 2. The predicted octanol–water partition coefficient (Wildman–Crippen LogP) is 3.49. The minimum Gasteiger partial charge on any atom is -0.497 e. The van der Waals surface area contributed by atoms with Crippen LogP contribution >= 0.6 is 0 Å². The molecule has 1 aliphatic carbocycles. The molecule has 0 radical (unpaired) electrons. The summed E-state index contributed by atoms with van der Waals surface area (Å²) in [7, 11) is 3.21. The van der Waals surface area contributed by atoms with Gasteiger partial charge in [0.05, 0.1) is 26.0 Å². The van der Waals surface area contributed by atoms with E-state index in [1.165, 1.54) is 0 Å². The van der Waals surface area contributed by atoms with Gasteiger partial charge in [-0.3, -0.25) is 14.7 Å². The third kappa shape index (κ3) is 3.38. The van der Waals surface area contributed by atoms with E-state index in [2.05, 4.69) is 22.0 Å². The van der Waals surface area contributed by atoms with Gasteiger partial charge in [0.1, 0.15) is 17.2 Å². The zero-order valence-electron chi connectivity index (χ0n) is 19.8. The van der Waals surface area contributed by atoms with Crippen molar-refractivity contribution in [1.82, 2.24) is 20.0 Å². The number of carbonyl (C=O) groups excluding carboxylic acids is 2. The normalized spacial score (nSPS) is 28.4.